The van der Waals surface area contributed by atoms with Gasteiger partial charge in [0.25, 0.3) is 5.19 Å². The number of ether oxygens (including phenoxy) is 2. The molecule has 2 fully saturated rings. The largest absolute Gasteiger partial charge is 0.495 e. The lowest BCUT2D eigenvalue weighted by Crippen LogP contribution is -2.41. The highest BCUT2D eigenvalue weighted by molar-refractivity contribution is 7.16. The van der Waals surface area contributed by atoms with Crippen LogP contribution in [0.5, 0.6) is 10.9 Å². The number of rotatable bonds is 8. The van der Waals surface area contributed by atoms with E-state index in [0.29, 0.717) is 29.9 Å². The van der Waals surface area contributed by atoms with Crippen molar-refractivity contribution in [3.8, 4) is 21.4 Å². The van der Waals surface area contributed by atoms with Crippen molar-refractivity contribution in [1.82, 2.24) is 9.97 Å². The summed E-state index contributed by atoms with van der Waals surface area (Å²) in [6.45, 7) is 2.72. The van der Waals surface area contributed by atoms with Crippen LogP contribution in [0, 0.1) is 18.8 Å². The van der Waals surface area contributed by atoms with Crippen LogP contribution in [0.1, 0.15) is 68.7 Å². The van der Waals surface area contributed by atoms with Crippen LogP contribution in [0.25, 0.3) is 10.4 Å². The van der Waals surface area contributed by atoms with Gasteiger partial charge in [-0.25, -0.2) is 4.98 Å². The van der Waals surface area contributed by atoms with Crippen molar-refractivity contribution >= 4 is 22.9 Å². The molecular weight excluding hydrogens is 510 g/mol. The number of aliphatic hydroxyl groups is 1. The number of amides is 1. The van der Waals surface area contributed by atoms with E-state index in [9.17, 15) is 9.90 Å². The molecule has 5 rings (SSSR count). The third kappa shape index (κ3) is 6.44. The second kappa shape index (κ2) is 12.5. The van der Waals surface area contributed by atoms with Crippen LogP contribution in [-0.4, -0.2) is 47.8 Å². The number of carbonyl (C=O) groups is 1. The van der Waals surface area contributed by atoms with E-state index >= 15 is 0 Å². The normalized spacial score (nSPS) is 23.3. The number of hydrogen-bond acceptors (Lipinski definition) is 7. The van der Waals surface area contributed by atoms with Gasteiger partial charge >= 0.3 is 0 Å². The summed E-state index contributed by atoms with van der Waals surface area (Å²) in [5.74, 6) is 1.86. The summed E-state index contributed by atoms with van der Waals surface area (Å²) in [7, 11) is 3.31. The van der Waals surface area contributed by atoms with E-state index in [2.05, 4.69) is 23.2 Å². The predicted molar refractivity (Wildman–Crippen MR) is 155 cm³/mol. The fourth-order valence-electron chi connectivity index (χ4n) is 6.09. The number of anilines is 1. The number of carbonyl (C=O) groups excluding carboxylic acids is 1. The molecule has 1 aromatic carbocycles. The van der Waals surface area contributed by atoms with Gasteiger partial charge in [0.2, 0.25) is 5.91 Å². The quantitative estimate of drug-likeness (QED) is 0.351. The van der Waals surface area contributed by atoms with Crippen molar-refractivity contribution in [2.75, 3.05) is 25.7 Å². The lowest BCUT2D eigenvalue weighted by molar-refractivity contribution is -0.124. The van der Waals surface area contributed by atoms with Crippen LogP contribution in [0.2, 0.25) is 0 Å². The maximum atomic E-state index is 14.0. The zero-order chi connectivity index (χ0) is 27.4. The highest BCUT2D eigenvalue weighted by atomic mass is 32.1. The molecule has 2 aliphatic rings. The van der Waals surface area contributed by atoms with Crippen molar-refractivity contribution in [1.29, 1.82) is 0 Å². The van der Waals surface area contributed by atoms with Gasteiger partial charge in [0.1, 0.15) is 5.75 Å². The molecule has 0 spiro atoms. The molecule has 208 valence electrons. The molecule has 39 heavy (non-hydrogen) atoms. The summed E-state index contributed by atoms with van der Waals surface area (Å²) >= 11 is 1.50. The molecule has 2 saturated carbocycles. The average Bonchev–Trinajstić information content (AvgIpc) is 3.46. The number of benzene rings is 1. The maximum Gasteiger partial charge on any atom is 0.273 e. The van der Waals surface area contributed by atoms with Crippen LogP contribution < -0.4 is 14.4 Å². The molecule has 2 aliphatic carbocycles. The lowest BCUT2D eigenvalue weighted by atomic mass is 9.79. The predicted octanol–water partition coefficient (Wildman–Crippen LogP) is 6.39. The number of hydrogen-bond donors (Lipinski definition) is 1. The Kier molecular flexibility index (Phi) is 8.82. The molecule has 0 aliphatic heterocycles. The minimum absolute atomic E-state index is 0.0385. The van der Waals surface area contributed by atoms with Crippen molar-refractivity contribution in [2.24, 2.45) is 11.8 Å². The number of nitrogens with zero attached hydrogens (tertiary/aromatic N) is 3. The van der Waals surface area contributed by atoms with E-state index in [-0.39, 0.29) is 17.9 Å². The third-order valence-electron chi connectivity index (χ3n) is 8.40. The van der Waals surface area contributed by atoms with E-state index in [1.165, 1.54) is 11.3 Å². The first-order chi connectivity index (χ1) is 18.9. The Morgan fingerprint density at radius 2 is 1.79 bits per heavy atom. The van der Waals surface area contributed by atoms with Crippen LogP contribution in [0.4, 0.5) is 5.69 Å². The number of thiazole rings is 1. The van der Waals surface area contributed by atoms with Gasteiger partial charge in [-0.3, -0.25) is 9.78 Å². The highest BCUT2D eigenvalue weighted by Gasteiger charge is 2.32. The molecule has 2 aromatic heterocycles. The molecule has 1 N–H and O–H groups in total. The molecule has 2 heterocycles. The van der Waals surface area contributed by atoms with Gasteiger partial charge in [-0.2, -0.15) is 0 Å². The Morgan fingerprint density at radius 3 is 2.46 bits per heavy atom. The van der Waals surface area contributed by atoms with Crippen molar-refractivity contribution in [3.63, 3.8) is 0 Å². The first-order valence-electron chi connectivity index (χ1n) is 14.1. The SMILES string of the molecule is COc1ncc(-c2cccc(N(C[C@H]3CC[C@H](c4ccc(OC)c(C)n4)CC3)C(=O)[C@H]3CC[C@H](O)CC3)c2)s1. The van der Waals surface area contributed by atoms with E-state index in [1.807, 2.05) is 36.2 Å². The molecule has 0 atom stereocenters. The summed E-state index contributed by atoms with van der Waals surface area (Å²) in [6, 6.07) is 12.4. The molecule has 3 aromatic rings. The number of pyridine rings is 1. The zero-order valence-electron chi connectivity index (χ0n) is 23.1. The summed E-state index contributed by atoms with van der Waals surface area (Å²) in [6.07, 6.45) is 8.71. The Bertz CT molecular complexity index is 1260. The van der Waals surface area contributed by atoms with E-state index < -0.39 is 0 Å². The number of aryl methyl sites for hydroxylation is 1. The average molecular weight is 550 g/mol. The molecule has 0 bridgehead atoms. The molecule has 0 radical (unpaired) electrons. The van der Waals surface area contributed by atoms with Gasteiger partial charge < -0.3 is 19.5 Å². The minimum Gasteiger partial charge on any atom is -0.495 e. The number of aliphatic hydroxyl groups excluding tert-OH is 1. The van der Waals surface area contributed by atoms with Gasteiger partial charge in [0.05, 0.1) is 30.9 Å². The van der Waals surface area contributed by atoms with Crippen molar-refractivity contribution < 1.29 is 19.4 Å². The highest BCUT2D eigenvalue weighted by Crippen LogP contribution is 2.38. The second-order valence-electron chi connectivity index (χ2n) is 10.9. The van der Waals surface area contributed by atoms with Gasteiger partial charge in [0, 0.05) is 36.0 Å². The lowest BCUT2D eigenvalue weighted by Gasteiger charge is -2.35. The van der Waals surface area contributed by atoms with Crippen LogP contribution >= 0.6 is 11.3 Å². The molecule has 8 heteroatoms. The van der Waals surface area contributed by atoms with Crippen molar-refractivity contribution in [3.05, 3.63) is 54.0 Å². The fraction of sp³-hybridized carbons (Fsp3) is 0.516. The molecule has 7 nitrogen and oxygen atoms in total. The van der Waals surface area contributed by atoms with Gasteiger partial charge in [-0.15, -0.1) is 0 Å². The van der Waals surface area contributed by atoms with Gasteiger partial charge in [-0.05, 0) is 94.0 Å². The smallest absolute Gasteiger partial charge is 0.273 e. The second-order valence-corrected chi connectivity index (χ2v) is 11.9. The van der Waals surface area contributed by atoms with E-state index in [0.717, 1.165) is 78.3 Å². The Balaban J connectivity index is 1.33. The Morgan fingerprint density at radius 1 is 1.03 bits per heavy atom. The number of methoxy groups -OCH3 is 2. The van der Waals surface area contributed by atoms with Gasteiger partial charge in [0.15, 0.2) is 0 Å². The van der Waals surface area contributed by atoms with E-state index in [1.54, 1.807) is 14.2 Å². The Hall–Kier alpha value is -2.97. The molecular formula is C31H39N3O4S. The monoisotopic (exact) mass is 549 g/mol. The zero-order valence-corrected chi connectivity index (χ0v) is 24.0. The van der Waals surface area contributed by atoms with Crippen molar-refractivity contribution in [2.45, 2.75) is 70.3 Å². The maximum absolute atomic E-state index is 14.0. The van der Waals surface area contributed by atoms with Crippen LogP contribution in [-0.2, 0) is 4.79 Å². The van der Waals surface area contributed by atoms with Crippen LogP contribution in [0.3, 0.4) is 0 Å². The first-order valence-corrected chi connectivity index (χ1v) is 14.9. The molecule has 0 unspecified atom stereocenters. The first kappa shape index (κ1) is 27.6. The van der Waals surface area contributed by atoms with Gasteiger partial charge in [-0.1, -0.05) is 23.5 Å². The number of aromatic nitrogens is 2. The van der Waals surface area contributed by atoms with Crippen LogP contribution in [0.15, 0.2) is 42.6 Å². The summed E-state index contributed by atoms with van der Waals surface area (Å²) in [5.41, 5.74) is 4.05. The summed E-state index contributed by atoms with van der Waals surface area (Å²) in [4.78, 5) is 26.1. The Labute approximate surface area is 235 Å². The minimum atomic E-state index is -0.280. The summed E-state index contributed by atoms with van der Waals surface area (Å²) in [5, 5.41) is 10.7. The third-order valence-corrected chi connectivity index (χ3v) is 9.41. The van der Waals surface area contributed by atoms with E-state index in [4.69, 9.17) is 14.5 Å². The summed E-state index contributed by atoms with van der Waals surface area (Å²) < 4.78 is 10.7. The fourth-order valence-corrected chi connectivity index (χ4v) is 6.82. The standard InChI is InChI=1S/C31H39N3O4S/c1-20-28(37-2)16-15-27(33-20)22-9-7-21(8-10-22)19-34(30(36)23-11-13-26(35)14-12-23)25-6-4-5-24(17-25)29-18-32-31(38-3)39-29/h4-6,15-18,21-23,26,35H,7-14,19H2,1-3H3/t21-,22-,23-,26-. The molecule has 0 saturated heterocycles. The topological polar surface area (TPSA) is 84.8 Å². The molecule has 1 amide bonds.